The SMILES string of the molecule is CN1CCC(C2CCNN2C)C(NC(=O)C2C(N)NN3CC(F)CNC23)C1. The lowest BCUT2D eigenvalue weighted by Gasteiger charge is -2.42. The number of nitrogens with one attached hydrogen (secondary N) is 4. The van der Waals surface area contributed by atoms with E-state index in [4.69, 9.17) is 5.73 Å². The summed E-state index contributed by atoms with van der Waals surface area (Å²) in [6, 6.07) is 0.512. The Labute approximate surface area is 160 Å². The van der Waals surface area contributed by atoms with Crippen LogP contribution in [0.2, 0.25) is 0 Å². The van der Waals surface area contributed by atoms with Crippen molar-refractivity contribution in [3.63, 3.8) is 0 Å². The van der Waals surface area contributed by atoms with Crippen LogP contribution < -0.4 is 27.2 Å². The first kappa shape index (κ1) is 19.4. The Hall–Kier alpha value is -0.880. The molecule has 7 unspecified atom stereocenters. The van der Waals surface area contributed by atoms with Crippen LogP contribution in [0.5, 0.6) is 0 Å². The molecule has 0 aromatic carbocycles. The van der Waals surface area contributed by atoms with Crippen LogP contribution in [0.3, 0.4) is 0 Å². The average Bonchev–Trinajstić information content (AvgIpc) is 3.17. The number of alkyl halides is 1. The number of likely N-dealkylation sites (tertiary alicyclic amines) is 1. The monoisotopic (exact) mass is 384 g/mol. The molecule has 9 nitrogen and oxygen atoms in total. The lowest BCUT2D eigenvalue weighted by atomic mass is 9.83. The van der Waals surface area contributed by atoms with Gasteiger partial charge in [-0.2, -0.15) is 0 Å². The van der Waals surface area contributed by atoms with Gasteiger partial charge in [-0.25, -0.2) is 19.8 Å². The van der Waals surface area contributed by atoms with Crippen molar-refractivity contribution < 1.29 is 9.18 Å². The Morgan fingerprint density at radius 2 is 2.07 bits per heavy atom. The Bertz CT molecular complexity index is 553. The zero-order valence-corrected chi connectivity index (χ0v) is 16.2. The summed E-state index contributed by atoms with van der Waals surface area (Å²) in [6.07, 6.45) is 0.428. The average molecular weight is 385 g/mol. The molecule has 0 saturated carbocycles. The van der Waals surface area contributed by atoms with E-state index >= 15 is 0 Å². The number of piperidine rings is 1. The predicted molar refractivity (Wildman–Crippen MR) is 99.7 cm³/mol. The van der Waals surface area contributed by atoms with Crippen molar-refractivity contribution in [2.45, 2.75) is 43.4 Å². The number of hydrazine groups is 2. The summed E-state index contributed by atoms with van der Waals surface area (Å²) in [6.45, 7) is 3.37. The lowest BCUT2D eigenvalue weighted by molar-refractivity contribution is -0.128. The highest BCUT2D eigenvalue weighted by atomic mass is 19.1. The summed E-state index contributed by atoms with van der Waals surface area (Å²) in [4.78, 5) is 15.4. The molecule has 0 spiro atoms. The third kappa shape index (κ3) is 3.84. The second-order valence-electron chi connectivity index (χ2n) is 8.49. The van der Waals surface area contributed by atoms with Crippen molar-refractivity contribution in [3.05, 3.63) is 0 Å². The van der Waals surface area contributed by atoms with Crippen LogP contribution >= 0.6 is 0 Å². The molecule has 4 fully saturated rings. The lowest BCUT2D eigenvalue weighted by Crippen LogP contribution is -2.61. The molecule has 0 aromatic rings. The highest BCUT2D eigenvalue weighted by molar-refractivity contribution is 5.80. The molecule has 10 heteroatoms. The van der Waals surface area contributed by atoms with Gasteiger partial charge in [0.1, 0.15) is 6.17 Å². The van der Waals surface area contributed by atoms with E-state index in [0.29, 0.717) is 12.0 Å². The number of rotatable bonds is 3. The molecule has 4 rings (SSSR count). The van der Waals surface area contributed by atoms with Crippen molar-refractivity contribution >= 4 is 5.91 Å². The van der Waals surface area contributed by atoms with Crippen LogP contribution in [-0.2, 0) is 4.79 Å². The quantitative estimate of drug-likeness (QED) is 0.368. The van der Waals surface area contributed by atoms with E-state index < -0.39 is 18.3 Å². The first-order valence-corrected chi connectivity index (χ1v) is 10.0. The predicted octanol–water partition coefficient (Wildman–Crippen LogP) is -2.38. The van der Waals surface area contributed by atoms with Crippen molar-refractivity contribution in [2.75, 3.05) is 46.8 Å². The van der Waals surface area contributed by atoms with Gasteiger partial charge in [-0.1, -0.05) is 0 Å². The Kier molecular flexibility index (Phi) is 5.66. The van der Waals surface area contributed by atoms with Gasteiger partial charge in [0.05, 0.1) is 18.2 Å². The molecule has 154 valence electrons. The fourth-order valence-corrected chi connectivity index (χ4v) is 5.21. The standard InChI is InChI=1S/C17H33FN8O/c1-24-6-4-11(13-3-5-21-25(13)2)12(9-24)22-17(27)14-15(19)23-26-8-10(18)7-20-16(14)26/h10-16,20-21,23H,3-9,19H2,1-2H3,(H,22,27). The fraction of sp³-hybridized carbons (Fsp3) is 0.941. The zero-order valence-electron chi connectivity index (χ0n) is 16.2. The fourth-order valence-electron chi connectivity index (χ4n) is 5.21. The number of carbonyl (C=O) groups excluding carboxylic acids is 1. The number of halogens is 1. The minimum Gasteiger partial charge on any atom is -0.351 e. The number of hydrogen-bond donors (Lipinski definition) is 5. The van der Waals surface area contributed by atoms with Crippen molar-refractivity contribution in [1.29, 1.82) is 0 Å². The maximum Gasteiger partial charge on any atom is 0.229 e. The third-order valence-electron chi connectivity index (χ3n) is 6.61. The van der Waals surface area contributed by atoms with Crippen LogP contribution in [0.1, 0.15) is 12.8 Å². The Balaban J connectivity index is 1.45. The van der Waals surface area contributed by atoms with Crippen molar-refractivity contribution in [1.82, 2.24) is 36.4 Å². The van der Waals surface area contributed by atoms with E-state index in [9.17, 15) is 9.18 Å². The van der Waals surface area contributed by atoms with E-state index in [1.54, 1.807) is 5.01 Å². The molecule has 0 aromatic heterocycles. The highest BCUT2D eigenvalue weighted by Crippen LogP contribution is 2.28. The van der Waals surface area contributed by atoms with E-state index in [1.807, 2.05) is 0 Å². The number of nitrogens with two attached hydrogens (primary N) is 1. The van der Waals surface area contributed by atoms with Crippen LogP contribution in [0, 0.1) is 11.8 Å². The van der Waals surface area contributed by atoms with E-state index in [2.05, 4.69) is 45.5 Å². The summed E-state index contributed by atoms with van der Waals surface area (Å²) in [5.74, 6) is -0.0857. The smallest absolute Gasteiger partial charge is 0.229 e. The third-order valence-corrected chi connectivity index (χ3v) is 6.61. The van der Waals surface area contributed by atoms with Crippen molar-refractivity contribution in [3.8, 4) is 0 Å². The Morgan fingerprint density at radius 1 is 1.26 bits per heavy atom. The van der Waals surface area contributed by atoms with Gasteiger partial charge >= 0.3 is 0 Å². The number of carbonyl (C=O) groups is 1. The maximum atomic E-state index is 13.7. The first-order chi connectivity index (χ1) is 12.9. The molecule has 0 radical (unpaired) electrons. The first-order valence-electron chi connectivity index (χ1n) is 10.0. The second-order valence-corrected chi connectivity index (χ2v) is 8.49. The normalized spacial score (nSPS) is 44.4. The molecular weight excluding hydrogens is 351 g/mol. The summed E-state index contributed by atoms with van der Waals surface area (Å²) in [5, 5.41) is 10.4. The van der Waals surface area contributed by atoms with Crippen LogP contribution in [-0.4, -0.2) is 98.2 Å². The molecular formula is C17H33FN8O. The Morgan fingerprint density at radius 3 is 2.81 bits per heavy atom. The van der Waals surface area contributed by atoms with Crippen LogP contribution in [0.4, 0.5) is 4.39 Å². The summed E-state index contributed by atoms with van der Waals surface area (Å²) in [7, 11) is 4.18. The van der Waals surface area contributed by atoms with Gasteiger partial charge in [0.25, 0.3) is 0 Å². The molecule has 27 heavy (non-hydrogen) atoms. The number of amides is 1. The van der Waals surface area contributed by atoms with Crippen LogP contribution in [0.25, 0.3) is 0 Å². The van der Waals surface area contributed by atoms with Crippen molar-refractivity contribution in [2.24, 2.45) is 17.6 Å². The van der Waals surface area contributed by atoms with E-state index in [1.165, 1.54) is 0 Å². The molecule has 0 bridgehead atoms. The molecule has 7 atom stereocenters. The number of likely N-dealkylation sites (N-methyl/N-ethyl adjacent to an activating group) is 1. The number of fused-ring (bicyclic) bond motifs is 1. The zero-order chi connectivity index (χ0) is 19.1. The van der Waals surface area contributed by atoms with Crippen LogP contribution in [0.15, 0.2) is 0 Å². The van der Waals surface area contributed by atoms with E-state index in [-0.39, 0.29) is 31.2 Å². The minimum absolute atomic E-state index is 0.0498. The van der Waals surface area contributed by atoms with Gasteiger partial charge < -0.3 is 16.0 Å². The largest absolute Gasteiger partial charge is 0.351 e. The molecule has 4 saturated heterocycles. The molecule has 4 aliphatic heterocycles. The number of hydrogen-bond acceptors (Lipinski definition) is 8. The van der Waals surface area contributed by atoms with Gasteiger partial charge in [0, 0.05) is 45.3 Å². The maximum absolute atomic E-state index is 13.7. The van der Waals surface area contributed by atoms with Gasteiger partial charge in [-0.3, -0.25) is 15.5 Å². The van der Waals surface area contributed by atoms with Gasteiger partial charge in [-0.05, 0) is 32.4 Å². The highest BCUT2D eigenvalue weighted by Gasteiger charge is 2.48. The van der Waals surface area contributed by atoms with Gasteiger partial charge in [0.15, 0.2) is 0 Å². The minimum atomic E-state index is -0.954. The van der Waals surface area contributed by atoms with Gasteiger partial charge in [0.2, 0.25) is 5.91 Å². The topological polar surface area (TPSA) is 101 Å². The molecule has 4 heterocycles. The summed E-state index contributed by atoms with van der Waals surface area (Å²) >= 11 is 0. The second kappa shape index (κ2) is 7.86. The van der Waals surface area contributed by atoms with E-state index in [0.717, 1.165) is 32.5 Å². The summed E-state index contributed by atoms with van der Waals surface area (Å²) < 4.78 is 13.7. The number of nitrogens with zero attached hydrogens (tertiary/aromatic N) is 3. The molecule has 4 aliphatic rings. The molecule has 1 amide bonds. The molecule has 0 aliphatic carbocycles. The summed E-state index contributed by atoms with van der Waals surface area (Å²) in [5.41, 5.74) is 12.6. The molecule has 6 N–H and O–H groups in total. The van der Waals surface area contributed by atoms with Gasteiger partial charge in [-0.15, -0.1) is 0 Å².